The van der Waals surface area contributed by atoms with Crippen molar-refractivity contribution in [2.24, 2.45) is 0 Å². The highest BCUT2D eigenvalue weighted by Gasteiger charge is 2.29. The first-order valence-electron chi connectivity index (χ1n) is 7.19. The van der Waals surface area contributed by atoms with Crippen LogP contribution in [-0.4, -0.2) is 54.6 Å². The van der Waals surface area contributed by atoms with Gasteiger partial charge in [0.1, 0.15) is 6.04 Å². The number of amides is 2. The van der Waals surface area contributed by atoms with Gasteiger partial charge in [-0.1, -0.05) is 6.42 Å². The van der Waals surface area contributed by atoms with E-state index in [1.807, 2.05) is 0 Å². The van der Waals surface area contributed by atoms with Crippen LogP contribution in [0.5, 0.6) is 0 Å². The number of nitrogens with one attached hydrogen (secondary N) is 1. The van der Waals surface area contributed by atoms with E-state index in [-0.39, 0.29) is 11.7 Å². The average Bonchev–Trinajstić information content (AvgIpc) is 2.46. The molecule has 1 rings (SSSR count). The topological polar surface area (TPSA) is 102 Å². The van der Waals surface area contributed by atoms with Gasteiger partial charge in [-0.3, -0.25) is 9.59 Å². The van der Waals surface area contributed by atoms with Gasteiger partial charge in [0.15, 0.2) is 5.78 Å². The predicted molar refractivity (Wildman–Crippen MR) is 75.7 cm³/mol. The Balaban J connectivity index is 2.34. The van der Waals surface area contributed by atoms with Crippen LogP contribution in [-0.2, 0) is 23.9 Å². The number of ketones is 1. The fraction of sp³-hybridized carbons (Fsp3) is 0.714. The first-order valence-corrected chi connectivity index (χ1v) is 7.19. The summed E-state index contributed by atoms with van der Waals surface area (Å²) in [7, 11) is 1.48. The first kappa shape index (κ1) is 17.9. The van der Waals surface area contributed by atoms with Crippen molar-refractivity contribution in [3.63, 3.8) is 0 Å². The highest BCUT2D eigenvalue weighted by atomic mass is 16.7. The molecule has 22 heavy (non-hydrogen) atoms. The second-order valence-electron chi connectivity index (χ2n) is 5.25. The molecule has 0 aliphatic heterocycles. The molecule has 0 aromatic rings. The van der Waals surface area contributed by atoms with E-state index in [9.17, 15) is 19.2 Å². The number of carbonyl (C=O) groups is 4. The molecule has 2 atom stereocenters. The van der Waals surface area contributed by atoms with Crippen LogP contribution in [0, 0.1) is 0 Å². The minimum atomic E-state index is -0.825. The van der Waals surface area contributed by atoms with Crippen molar-refractivity contribution in [3.8, 4) is 0 Å². The molecule has 0 spiro atoms. The lowest BCUT2D eigenvalue weighted by Gasteiger charge is -2.29. The number of hydrogen-bond acceptors (Lipinski definition) is 6. The number of carbonyl (C=O) groups excluding carboxylic acids is 4. The Morgan fingerprint density at radius 1 is 1.32 bits per heavy atom. The molecule has 0 bridgehead atoms. The molecule has 1 fully saturated rings. The summed E-state index contributed by atoms with van der Waals surface area (Å²) < 4.78 is 9.54. The van der Waals surface area contributed by atoms with E-state index in [0.717, 1.165) is 12.8 Å². The second kappa shape index (κ2) is 8.35. The van der Waals surface area contributed by atoms with Gasteiger partial charge in [-0.15, -0.1) is 0 Å². The molecule has 0 unspecified atom stereocenters. The summed E-state index contributed by atoms with van der Waals surface area (Å²) in [4.78, 5) is 47.1. The maximum atomic E-state index is 11.8. The van der Waals surface area contributed by atoms with Crippen LogP contribution in [0.3, 0.4) is 0 Å². The normalized spacial score (nSPS) is 19.0. The molecule has 0 radical (unpaired) electrons. The van der Waals surface area contributed by atoms with Gasteiger partial charge in [-0.05, 0) is 19.8 Å². The summed E-state index contributed by atoms with van der Waals surface area (Å²) in [6.07, 6.45) is 2.09. The molecule has 0 heterocycles. The molecule has 124 valence electrons. The Morgan fingerprint density at radius 2 is 2.00 bits per heavy atom. The van der Waals surface area contributed by atoms with E-state index >= 15 is 0 Å². The summed E-state index contributed by atoms with van der Waals surface area (Å²) >= 11 is 0. The molecule has 8 heteroatoms. The van der Waals surface area contributed by atoms with Crippen molar-refractivity contribution in [1.82, 2.24) is 10.2 Å². The standard InChI is InChI=1S/C14H22N2O6/c1-9(15-10(2)17)13(19)21-8-22-14(20)16(3)11-6-4-5-7-12(11)18/h9,11H,4-8H2,1-3H3,(H,15,17)/t9-,11+/m0/s1. The second-order valence-corrected chi connectivity index (χ2v) is 5.25. The quantitative estimate of drug-likeness (QED) is 0.588. The molecule has 1 aliphatic carbocycles. The van der Waals surface area contributed by atoms with Crippen molar-refractivity contribution in [1.29, 1.82) is 0 Å². The number of hydrogen-bond donors (Lipinski definition) is 1. The van der Waals surface area contributed by atoms with Gasteiger partial charge in [0, 0.05) is 20.4 Å². The van der Waals surface area contributed by atoms with Crippen LogP contribution in [0.4, 0.5) is 4.79 Å². The Labute approximate surface area is 129 Å². The van der Waals surface area contributed by atoms with Gasteiger partial charge in [0.2, 0.25) is 12.7 Å². The smallest absolute Gasteiger partial charge is 0.413 e. The molecule has 2 amide bonds. The monoisotopic (exact) mass is 314 g/mol. The highest BCUT2D eigenvalue weighted by Crippen LogP contribution is 2.19. The fourth-order valence-electron chi connectivity index (χ4n) is 2.23. The summed E-state index contributed by atoms with van der Waals surface area (Å²) in [6, 6.07) is -1.30. The lowest BCUT2D eigenvalue weighted by Crippen LogP contribution is -2.44. The zero-order valence-corrected chi connectivity index (χ0v) is 13.1. The SMILES string of the molecule is CC(=O)N[C@@H](C)C(=O)OCOC(=O)N(C)[C@@H]1CCCCC1=O. The Kier molecular flexibility index (Phi) is 6.81. The zero-order valence-electron chi connectivity index (χ0n) is 13.1. The number of esters is 1. The third kappa shape index (κ3) is 5.34. The number of likely N-dealkylation sites (N-methyl/N-ethyl adjacent to an activating group) is 1. The van der Waals surface area contributed by atoms with Gasteiger partial charge < -0.3 is 19.7 Å². The van der Waals surface area contributed by atoms with E-state index in [2.05, 4.69) is 5.32 Å². The van der Waals surface area contributed by atoms with Crippen molar-refractivity contribution < 1.29 is 28.7 Å². The van der Waals surface area contributed by atoms with E-state index in [0.29, 0.717) is 12.8 Å². The lowest BCUT2D eigenvalue weighted by molar-refractivity contribution is -0.155. The van der Waals surface area contributed by atoms with Crippen LogP contribution < -0.4 is 5.32 Å². The number of rotatable bonds is 5. The summed E-state index contributed by atoms with van der Waals surface area (Å²) in [5.41, 5.74) is 0. The minimum Gasteiger partial charge on any atom is -0.426 e. The molecule has 0 saturated heterocycles. The van der Waals surface area contributed by atoms with Crippen molar-refractivity contribution in [2.45, 2.75) is 51.6 Å². The van der Waals surface area contributed by atoms with Crippen LogP contribution in [0.25, 0.3) is 0 Å². The van der Waals surface area contributed by atoms with Crippen LogP contribution in [0.2, 0.25) is 0 Å². The van der Waals surface area contributed by atoms with Crippen molar-refractivity contribution in [2.75, 3.05) is 13.8 Å². The molecular formula is C14H22N2O6. The van der Waals surface area contributed by atoms with Gasteiger partial charge in [0.05, 0.1) is 6.04 Å². The van der Waals surface area contributed by atoms with Crippen LogP contribution in [0.15, 0.2) is 0 Å². The predicted octanol–water partition coefficient (Wildman–Crippen LogP) is 0.592. The number of nitrogens with zero attached hydrogens (tertiary/aromatic N) is 1. The molecule has 1 N–H and O–H groups in total. The van der Waals surface area contributed by atoms with E-state index in [1.54, 1.807) is 0 Å². The third-order valence-corrected chi connectivity index (χ3v) is 3.43. The summed E-state index contributed by atoms with van der Waals surface area (Å²) in [5.74, 6) is -1.06. The van der Waals surface area contributed by atoms with Crippen LogP contribution >= 0.6 is 0 Å². The maximum absolute atomic E-state index is 11.8. The van der Waals surface area contributed by atoms with E-state index < -0.39 is 30.9 Å². The lowest BCUT2D eigenvalue weighted by atomic mass is 9.93. The van der Waals surface area contributed by atoms with Gasteiger partial charge >= 0.3 is 12.1 Å². The van der Waals surface area contributed by atoms with Crippen LogP contribution in [0.1, 0.15) is 39.5 Å². The largest absolute Gasteiger partial charge is 0.426 e. The fourth-order valence-corrected chi connectivity index (χ4v) is 2.23. The van der Waals surface area contributed by atoms with Crippen molar-refractivity contribution >= 4 is 23.8 Å². The Bertz CT molecular complexity index is 451. The molecule has 0 aromatic heterocycles. The number of ether oxygens (including phenoxy) is 2. The number of Topliss-reactive ketones (excluding diaryl/α,β-unsaturated/α-hetero) is 1. The van der Waals surface area contributed by atoms with Gasteiger partial charge in [-0.2, -0.15) is 0 Å². The summed E-state index contributed by atoms with van der Waals surface area (Å²) in [6.45, 7) is 2.17. The minimum absolute atomic E-state index is 0.0157. The molecule has 0 aromatic carbocycles. The Morgan fingerprint density at radius 3 is 2.59 bits per heavy atom. The van der Waals surface area contributed by atoms with E-state index in [1.165, 1.54) is 25.8 Å². The van der Waals surface area contributed by atoms with Gasteiger partial charge in [-0.25, -0.2) is 9.59 Å². The van der Waals surface area contributed by atoms with E-state index in [4.69, 9.17) is 9.47 Å². The first-order chi connectivity index (χ1) is 10.3. The molecule has 8 nitrogen and oxygen atoms in total. The molecule has 1 aliphatic rings. The Hall–Kier alpha value is -2.12. The zero-order chi connectivity index (χ0) is 16.7. The molecular weight excluding hydrogens is 292 g/mol. The average molecular weight is 314 g/mol. The maximum Gasteiger partial charge on any atom is 0.413 e. The van der Waals surface area contributed by atoms with Gasteiger partial charge in [0.25, 0.3) is 0 Å². The third-order valence-electron chi connectivity index (χ3n) is 3.43. The summed E-state index contributed by atoms with van der Waals surface area (Å²) in [5, 5.41) is 2.35. The highest BCUT2D eigenvalue weighted by molar-refractivity contribution is 5.88. The van der Waals surface area contributed by atoms with Crippen molar-refractivity contribution in [3.05, 3.63) is 0 Å². The molecule has 1 saturated carbocycles.